The van der Waals surface area contributed by atoms with E-state index in [0.29, 0.717) is 5.56 Å². The van der Waals surface area contributed by atoms with Crippen molar-refractivity contribution in [3.63, 3.8) is 0 Å². The largest absolute Gasteiger partial charge is 0.451 e. The number of rotatable bonds is 4. The van der Waals surface area contributed by atoms with E-state index in [1.54, 1.807) is 36.4 Å². The fraction of sp³-hybridized carbons (Fsp3) is 0.0556. The van der Waals surface area contributed by atoms with Crippen molar-refractivity contribution in [2.75, 3.05) is 0 Å². The van der Waals surface area contributed by atoms with Gasteiger partial charge in [0.25, 0.3) is 5.91 Å². The molecule has 0 bridgehead atoms. The highest BCUT2D eigenvalue weighted by Crippen LogP contribution is 2.24. The van der Waals surface area contributed by atoms with Gasteiger partial charge in [-0.1, -0.05) is 24.3 Å². The number of nitrogens with one attached hydrogen (secondary N) is 1. The summed E-state index contributed by atoms with van der Waals surface area (Å²) in [4.78, 5) is 12.0. The van der Waals surface area contributed by atoms with Gasteiger partial charge in [-0.05, 0) is 42.0 Å². The van der Waals surface area contributed by atoms with E-state index < -0.39 is 11.7 Å². The number of halogens is 2. The summed E-state index contributed by atoms with van der Waals surface area (Å²) in [6.07, 6.45) is 0. The molecule has 0 radical (unpaired) electrons. The molecule has 1 N–H and O–H groups in total. The summed E-state index contributed by atoms with van der Waals surface area (Å²) in [6.45, 7) is 0.245. The molecule has 0 saturated heterocycles. The Morgan fingerprint density at radius 3 is 2.43 bits per heavy atom. The summed E-state index contributed by atoms with van der Waals surface area (Å²) in [7, 11) is 0. The van der Waals surface area contributed by atoms with Crippen LogP contribution in [0.5, 0.6) is 0 Å². The molecule has 116 valence electrons. The van der Waals surface area contributed by atoms with Gasteiger partial charge in [0.2, 0.25) is 0 Å². The van der Waals surface area contributed by atoms with E-state index in [0.717, 1.165) is 5.56 Å². The Morgan fingerprint density at radius 2 is 1.70 bits per heavy atom. The van der Waals surface area contributed by atoms with Crippen LogP contribution in [0.25, 0.3) is 11.3 Å². The van der Waals surface area contributed by atoms with Crippen molar-refractivity contribution in [1.82, 2.24) is 5.32 Å². The second-order valence-corrected chi connectivity index (χ2v) is 4.95. The van der Waals surface area contributed by atoms with Gasteiger partial charge in [-0.2, -0.15) is 0 Å². The second kappa shape index (κ2) is 6.44. The van der Waals surface area contributed by atoms with E-state index in [4.69, 9.17) is 4.42 Å². The molecule has 2 aromatic carbocycles. The van der Waals surface area contributed by atoms with Crippen molar-refractivity contribution in [2.45, 2.75) is 6.54 Å². The molecule has 0 aliphatic carbocycles. The van der Waals surface area contributed by atoms with Gasteiger partial charge in [-0.3, -0.25) is 4.79 Å². The lowest BCUT2D eigenvalue weighted by atomic mass is 10.1. The first kappa shape index (κ1) is 15.0. The first-order valence-corrected chi connectivity index (χ1v) is 7.01. The first-order valence-electron chi connectivity index (χ1n) is 7.01. The molecule has 3 rings (SSSR count). The van der Waals surface area contributed by atoms with Gasteiger partial charge in [-0.25, -0.2) is 8.78 Å². The SMILES string of the molecule is O=C(NCc1ccc(F)cc1)c1ccc(-c2ccccc2F)o1. The molecule has 0 saturated carbocycles. The molecule has 1 heterocycles. The average Bonchev–Trinajstić information content (AvgIpc) is 3.04. The fourth-order valence-corrected chi connectivity index (χ4v) is 2.14. The maximum atomic E-state index is 13.7. The van der Waals surface area contributed by atoms with Crippen LogP contribution in [0.2, 0.25) is 0 Å². The van der Waals surface area contributed by atoms with Gasteiger partial charge in [0.1, 0.15) is 17.4 Å². The van der Waals surface area contributed by atoms with Gasteiger partial charge in [0.15, 0.2) is 5.76 Å². The smallest absolute Gasteiger partial charge is 0.287 e. The summed E-state index contributed by atoms with van der Waals surface area (Å²) >= 11 is 0. The number of amides is 1. The quantitative estimate of drug-likeness (QED) is 0.786. The Bertz CT molecular complexity index is 825. The zero-order chi connectivity index (χ0) is 16.2. The van der Waals surface area contributed by atoms with Crippen molar-refractivity contribution >= 4 is 5.91 Å². The first-order chi connectivity index (χ1) is 11.1. The number of carbonyl (C=O) groups excluding carboxylic acids is 1. The molecule has 1 amide bonds. The van der Waals surface area contributed by atoms with Crippen molar-refractivity contribution in [2.24, 2.45) is 0 Å². The molecular formula is C18H13F2NO2. The maximum absolute atomic E-state index is 13.7. The van der Waals surface area contributed by atoms with Gasteiger partial charge >= 0.3 is 0 Å². The molecule has 0 fully saturated rings. The Kier molecular flexibility index (Phi) is 4.19. The zero-order valence-electron chi connectivity index (χ0n) is 12.1. The summed E-state index contributed by atoms with van der Waals surface area (Å²) in [6, 6.07) is 15.0. The lowest BCUT2D eigenvalue weighted by Gasteiger charge is -2.03. The normalized spacial score (nSPS) is 10.5. The Balaban J connectivity index is 1.69. The summed E-state index contributed by atoms with van der Waals surface area (Å²) in [5.74, 6) is -0.793. The van der Waals surface area contributed by atoms with Crippen molar-refractivity contribution in [3.05, 3.63) is 83.6 Å². The Hall–Kier alpha value is -2.95. The highest BCUT2D eigenvalue weighted by molar-refractivity contribution is 5.92. The standard InChI is InChI=1S/C18H13F2NO2/c19-13-7-5-12(6-8-13)11-21-18(22)17-10-9-16(23-17)14-3-1-2-4-15(14)20/h1-10H,11H2,(H,21,22). The van der Waals surface area contributed by atoms with Crippen molar-refractivity contribution in [3.8, 4) is 11.3 Å². The molecule has 3 nitrogen and oxygen atoms in total. The zero-order valence-corrected chi connectivity index (χ0v) is 12.1. The van der Waals surface area contributed by atoms with Crippen molar-refractivity contribution < 1.29 is 18.0 Å². The molecule has 0 unspecified atom stereocenters. The van der Waals surface area contributed by atoms with Gasteiger partial charge in [0, 0.05) is 6.54 Å². The molecule has 23 heavy (non-hydrogen) atoms. The fourth-order valence-electron chi connectivity index (χ4n) is 2.14. The lowest BCUT2D eigenvalue weighted by Crippen LogP contribution is -2.22. The third-order valence-corrected chi connectivity index (χ3v) is 3.34. The molecule has 0 atom stereocenters. The average molecular weight is 313 g/mol. The molecule has 0 aliphatic rings. The lowest BCUT2D eigenvalue weighted by molar-refractivity contribution is 0.0924. The third-order valence-electron chi connectivity index (χ3n) is 3.34. The molecule has 3 aromatic rings. The monoisotopic (exact) mass is 313 g/mol. The number of hydrogen-bond acceptors (Lipinski definition) is 2. The van der Waals surface area contributed by atoms with Crippen LogP contribution in [0.1, 0.15) is 16.1 Å². The number of furan rings is 1. The van der Waals surface area contributed by atoms with E-state index in [2.05, 4.69) is 5.32 Å². The van der Waals surface area contributed by atoms with E-state index in [1.807, 2.05) is 0 Å². The predicted molar refractivity (Wildman–Crippen MR) is 81.7 cm³/mol. The summed E-state index contributed by atoms with van der Waals surface area (Å²) in [5, 5.41) is 2.67. The number of carbonyl (C=O) groups is 1. The van der Waals surface area contributed by atoms with Gasteiger partial charge in [-0.15, -0.1) is 0 Å². The highest BCUT2D eigenvalue weighted by Gasteiger charge is 2.14. The summed E-state index contributed by atoms with van der Waals surface area (Å²) < 4.78 is 31.9. The Labute approximate surface area is 131 Å². The summed E-state index contributed by atoms with van der Waals surface area (Å²) in [5.41, 5.74) is 1.06. The van der Waals surface area contributed by atoms with Crippen LogP contribution in [-0.4, -0.2) is 5.91 Å². The highest BCUT2D eigenvalue weighted by atomic mass is 19.1. The van der Waals surface area contributed by atoms with Crippen LogP contribution >= 0.6 is 0 Å². The predicted octanol–water partition coefficient (Wildman–Crippen LogP) is 4.15. The van der Waals surface area contributed by atoms with Gasteiger partial charge < -0.3 is 9.73 Å². The van der Waals surface area contributed by atoms with E-state index >= 15 is 0 Å². The minimum absolute atomic E-state index is 0.0883. The van der Waals surface area contributed by atoms with Crippen LogP contribution < -0.4 is 5.32 Å². The van der Waals surface area contributed by atoms with Crippen LogP contribution in [0.15, 0.2) is 65.1 Å². The van der Waals surface area contributed by atoms with Gasteiger partial charge in [0.05, 0.1) is 5.56 Å². The van der Waals surface area contributed by atoms with E-state index in [-0.39, 0.29) is 23.9 Å². The maximum Gasteiger partial charge on any atom is 0.287 e. The minimum Gasteiger partial charge on any atom is -0.451 e. The second-order valence-electron chi connectivity index (χ2n) is 4.95. The third kappa shape index (κ3) is 3.45. The molecule has 5 heteroatoms. The Morgan fingerprint density at radius 1 is 0.957 bits per heavy atom. The molecule has 0 aliphatic heterocycles. The van der Waals surface area contributed by atoms with Crippen molar-refractivity contribution in [1.29, 1.82) is 0 Å². The molecule has 1 aromatic heterocycles. The van der Waals surface area contributed by atoms with E-state index in [9.17, 15) is 13.6 Å². The van der Waals surface area contributed by atoms with Crippen LogP contribution in [0.4, 0.5) is 8.78 Å². The molecular weight excluding hydrogens is 300 g/mol. The number of benzene rings is 2. The van der Waals surface area contributed by atoms with Crippen LogP contribution in [0.3, 0.4) is 0 Å². The van der Waals surface area contributed by atoms with E-state index in [1.165, 1.54) is 24.3 Å². The molecule has 0 spiro atoms. The van der Waals surface area contributed by atoms with Crippen LogP contribution in [-0.2, 0) is 6.54 Å². The topological polar surface area (TPSA) is 42.2 Å². The van der Waals surface area contributed by atoms with Crippen LogP contribution in [0, 0.1) is 11.6 Å². The number of hydrogen-bond donors (Lipinski definition) is 1. The minimum atomic E-state index is -0.420.